The lowest BCUT2D eigenvalue weighted by Gasteiger charge is -2.27. The highest BCUT2D eigenvalue weighted by Crippen LogP contribution is 2.23. The van der Waals surface area contributed by atoms with Crippen LogP contribution >= 0.6 is 0 Å². The number of hydrogen-bond donors (Lipinski definition) is 1. The molecule has 4 rings (SSSR count). The van der Waals surface area contributed by atoms with Gasteiger partial charge in [-0.1, -0.05) is 36.4 Å². The molecule has 0 bridgehead atoms. The highest BCUT2D eigenvalue weighted by molar-refractivity contribution is 5.94. The lowest BCUT2D eigenvalue weighted by atomic mass is 10.2. The molecule has 6 heteroatoms. The first-order valence-corrected chi connectivity index (χ1v) is 10.2. The van der Waals surface area contributed by atoms with Gasteiger partial charge in [-0.15, -0.1) is 0 Å². The number of nitrogens with one attached hydrogen (secondary N) is 1. The Balaban J connectivity index is 1.55. The van der Waals surface area contributed by atoms with Crippen LogP contribution in [0.4, 0.5) is 17.1 Å². The van der Waals surface area contributed by atoms with Crippen molar-refractivity contribution in [2.75, 3.05) is 10.2 Å². The molecule has 0 radical (unpaired) electrons. The van der Waals surface area contributed by atoms with Gasteiger partial charge in [-0.2, -0.15) is 5.10 Å². The third-order valence-electron chi connectivity index (χ3n) is 5.04. The fraction of sp³-hybridized carbons (Fsp3) is 0.160. The van der Waals surface area contributed by atoms with Crippen LogP contribution in [0, 0.1) is 0 Å². The summed E-state index contributed by atoms with van der Waals surface area (Å²) >= 11 is 0. The van der Waals surface area contributed by atoms with E-state index in [1.54, 1.807) is 23.2 Å². The number of aromatic nitrogens is 2. The van der Waals surface area contributed by atoms with Gasteiger partial charge in [-0.25, -0.2) is 4.68 Å². The number of anilines is 3. The van der Waals surface area contributed by atoms with Gasteiger partial charge in [0.05, 0.1) is 11.6 Å². The van der Waals surface area contributed by atoms with Crippen molar-refractivity contribution < 1.29 is 4.79 Å². The summed E-state index contributed by atoms with van der Waals surface area (Å²) in [4.78, 5) is 27.6. The Bertz CT molecular complexity index is 1250. The maximum atomic E-state index is 13.1. The molecule has 6 nitrogen and oxygen atoms in total. The highest BCUT2D eigenvalue weighted by atomic mass is 16.2. The van der Waals surface area contributed by atoms with Crippen molar-refractivity contribution in [1.82, 2.24) is 9.78 Å². The molecule has 0 spiro atoms. The van der Waals surface area contributed by atoms with Gasteiger partial charge in [0, 0.05) is 28.5 Å². The van der Waals surface area contributed by atoms with Gasteiger partial charge >= 0.3 is 0 Å². The molecule has 1 heterocycles. The van der Waals surface area contributed by atoms with Crippen molar-refractivity contribution in [3.63, 3.8) is 0 Å². The first kappa shape index (κ1) is 20.3. The molecule has 1 amide bonds. The number of fused-ring (bicyclic) bond motifs is 1. The molecule has 156 valence electrons. The maximum absolute atomic E-state index is 13.1. The number of hydrogen-bond acceptors (Lipinski definition) is 4. The Morgan fingerprint density at radius 2 is 1.58 bits per heavy atom. The molecule has 0 saturated carbocycles. The monoisotopic (exact) mass is 412 g/mol. The molecule has 3 aromatic carbocycles. The minimum atomic E-state index is -0.266. The second-order valence-corrected chi connectivity index (χ2v) is 7.59. The van der Waals surface area contributed by atoms with Gasteiger partial charge in [0.15, 0.2) is 0 Å². The van der Waals surface area contributed by atoms with Crippen LogP contribution in [-0.4, -0.2) is 21.7 Å². The Morgan fingerprint density at radius 1 is 0.935 bits per heavy atom. The highest BCUT2D eigenvalue weighted by Gasteiger charge is 2.20. The van der Waals surface area contributed by atoms with Crippen molar-refractivity contribution in [3.8, 4) is 0 Å². The molecule has 0 unspecified atom stereocenters. The van der Waals surface area contributed by atoms with E-state index >= 15 is 0 Å². The van der Waals surface area contributed by atoms with Gasteiger partial charge in [-0.05, 0) is 56.3 Å². The molecule has 1 aromatic heterocycles. The summed E-state index contributed by atoms with van der Waals surface area (Å²) in [5, 5.41) is 8.84. The minimum absolute atomic E-state index is 0.0726. The van der Waals surface area contributed by atoms with E-state index in [9.17, 15) is 9.59 Å². The zero-order valence-corrected chi connectivity index (χ0v) is 17.5. The average Bonchev–Trinajstić information content (AvgIpc) is 2.78. The van der Waals surface area contributed by atoms with Crippen LogP contribution in [-0.2, 0) is 11.3 Å². The molecule has 0 aliphatic carbocycles. The zero-order chi connectivity index (χ0) is 21.8. The second kappa shape index (κ2) is 8.83. The lowest BCUT2D eigenvalue weighted by Crippen LogP contribution is -2.41. The predicted octanol–water partition coefficient (Wildman–Crippen LogP) is 4.58. The third kappa shape index (κ3) is 4.48. The van der Waals surface area contributed by atoms with Crippen LogP contribution in [0.25, 0.3) is 10.8 Å². The number of para-hydroxylation sites is 1. The molecule has 0 saturated heterocycles. The van der Waals surface area contributed by atoms with Gasteiger partial charge in [0.2, 0.25) is 5.91 Å². The molecule has 0 fully saturated rings. The number of carbonyl (C=O) groups is 1. The molecule has 0 atom stereocenters. The van der Waals surface area contributed by atoms with Crippen molar-refractivity contribution in [3.05, 3.63) is 95.4 Å². The van der Waals surface area contributed by atoms with E-state index in [1.807, 2.05) is 80.6 Å². The predicted molar refractivity (Wildman–Crippen MR) is 125 cm³/mol. The lowest BCUT2D eigenvalue weighted by molar-refractivity contribution is -0.119. The van der Waals surface area contributed by atoms with Gasteiger partial charge in [0.25, 0.3) is 5.56 Å². The summed E-state index contributed by atoms with van der Waals surface area (Å²) in [5.41, 5.74) is 2.43. The van der Waals surface area contributed by atoms with E-state index in [1.165, 1.54) is 4.68 Å². The first-order valence-electron chi connectivity index (χ1n) is 10.2. The largest absolute Gasteiger partial charge is 0.356 e. The fourth-order valence-electron chi connectivity index (χ4n) is 3.57. The summed E-state index contributed by atoms with van der Waals surface area (Å²) in [6, 6.07) is 24.7. The summed E-state index contributed by atoms with van der Waals surface area (Å²) in [5.74, 6) is -0.191. The second-order valence-electron chi connectivity index (χ2n) is 7.59. The summed E-state index contributed by atoms with van der Waals surface area (Å²) in [7, 11) is 0. The number of rotatable bonds is 6. The maximum Gasteiger partial charge on any atom is 0.275 e. The van der Waals surface area contributed by atoms with E-state index in [0.29, 0.717) is 5.39 Å². The van der Waals surface area contributed by atoms with Crippen molar-refractivity contribution in [2.24, 2.45) is 0 Å². The van der Waals surface area contributed by atoms with Gasteiger partial charge < -0.3 is 10.2 Å². The molecule has 0 aliphatic rings. The minimum Gasteiger partial charge on any atom is -0.356 e. The molecular formula is C25H24N4O2. The topological polar surface area (TPSA) is 67.2 Å². The van der Waals surface area contributed by atoms with E-state index in [-0.39, 0.29) is 24.1 Å². The quantitative estimate of drug-likeness (QED) is 0.503. The Hall–Kier alpha value is -3.93. The molecule has 0 aliphatic heterocycles. The number of benzene rings is 3. The van der Waals surface area contributed by atoms with Crippen LogP contribution in [0.2, 0.25) is 0 Å². The SMILES string of the molecule is CC(C)N(C(=O)Cn1ncc2ccccc2c1=O)c1ccc(Nc2ccccc2)cc1. The molecule has 4 aromatic rings. The van der Waals surface area contributed by atoms with E-state index in [4.69, 9.17) is 0 Å². The Morgan fingerprint density at radius 3 is 2.29 bits per heavy atom. The molecule has 31 heavy (non-hydrogen) atoms. The van der Waals surface area contributed by atoms with Crippen molar-refractivity contribution >= 4 is 33.7 Å². The first-order chi connectivity index (χ1) is 15.0. The zero-order valence-electron chi connectivity index (χ0n) is 17.5. The number of carbonyl (C=O) groups excluding carboxylic acids is 1. The van der Waals surface area contributed by atoms with Crippen LogP contribution in [0.5, 0.6) is 0 Å². The van der Waals surface area contributed by atoms with Gasteiger partial charge in [-0.3, -0.25) is 9.59 Å². The fourth-order valence-corrected chi connectivity index (χ4v) is 3.57. The van der Waals surface area contributed by atoms with E-state index < -0.39 is 0 Å². The molecule has 1 N–H and O–H groups in total. The standard InChI is InChI=1S/C25H24N4O2/c1-18(2)29(22-14-12-21(13-15-22)27-20-9-4-3-5-10-20)24(30)17-28-25(31)23-11-7-6-8-19(23)16-26-28/h3-16,18,27H,17H2,1-2H3. The van der Waals surface area contributed by atoms with Gasteiger partial charge in [0.1, 0.15) is 6.54 Å². The summed E-state index contributed by atoms with van der Waals surface area (Å²) in [6.45, 7) is 3.78. The molecular weight excluding hydrogens is 388 g/mol. The van der Waals surface area contributed by atoms with E-state index in [0.717, 1.165) is 22.4 Å². The normalized spacial score (nSPS) is 10.9. The van der Waals surface area contributed by atoms with Crippen LogP contribution < -0.4 is 15.8 Å². The number of amides is 1. The summed E-state index contributed by atoms with van der Waals surface area (Å²) in [6.07, 6.45) is 1.62. The average molecular weight is 412 g/mol. The smallest absolute Gasteiger partial charge is 0.275 e. The number of nitrogens with zero attached hydrogens (tertiary/aromatic N) is 3. The van der Waals surface area contributed by atoms with Crippen molar-refractivity contribution in [1.29, 1.82) is 0 Å². The van der Waals surface area contributed by atoms with Crippen LogP contribution in [0.15, 0.2) is 89.9 Å². The van der Waals surface area contributed by atoms with Crippen molar-refractivity contribution in [2.45, 2.75) is 26.4 Å². The Kier molecular flexibility index (Phi) is 5.80. The summed E-state index contributed by atoms with van der Waals surface area (Å²) < 4.78 is 1.23. The van der Waals surface area contributed by atoms with Crippen LogP contribution in [0.3, 0.4) is 0 Å². The Labute approximate surface area is 180 Å². The van der Waals surface area contributed by atoms with Crippen LogP contribution in [0.1, 0.15) is 13.8 Å². The van der Waals surface area contributed by atoms with E-state index in [2.05, 4.69) is 10.4 Å². The third-order valence-corrected chi connectivity index (χ3v) is 5.04.